The summed E-state index contributed by atoms with van der Waals surface area (Å²) in [5.41, 5.74) is 0. The van der Waals surface area contributed by atoms with Crippen LogP contribution in [0.4, 0.5) is 0 Å². The summed E-state index contributed by atoms with van der Waals surface area (Å²) in [5, 5.41) is 3.59. The maximum Gasteiger partial charge on any atom is 0.241 e. The van der Waals surface area contributed by atoms with Crippen molar-refractivity contribution in [3.63, 3.8) is 0 Å². The van der Waals surface area contributed by atoms with Crippen LogP contribution in [0.15, 0.2) is 0 Å². The maximum atomic E-state index is 12.8. The molecule has 0 spiro atoms. The molecule has 0 aromatic rings. The van der Waals surface area contributed by atoms with Crippen LogP contribution in [0, 0.1) is 5.92 Å². The van der Waals surface area contributed by atoms with Gasteiger partial charge in [0.2, 0.25) is 5.91 Å². The highest BCUT2D eigenvalue weighted by atomic mass is 16.2. The molecule has 2 saturated heterocycles. The van der Waals surface area contributed by atoms with Gasteiger partial charge in [-0.2, -0.15) is 0 Å². The number of hydrogen-bond acceptors (Lipinski definition) is 3. The van der Waals surface area contributed by atoms with E-state index in [1.54, 1.807) is 0 Å². The lowest BCUT2D eigenvalue weighted by molar-refractivity contribution is -0.131. The Balaban J connectivity index is 2.01. The molecule has 2 aliphatic rings. The van der Waals surface area contributed by atoms with E-state index in [4.69, 9.17) is 0 Å². The summed E-state index contributed by atoms with van der Waals surface area (Å²) in [6.07, 6.45) is 7.31. The van der Waals surface area contributed by atoms with Gasteiger partial charge >= 0.3 is 0 Å². The van der Waals surface area contributed by atoms with Crippen molar-refractivity contribution >= 4 is 5.91 Å². The Hall–Kier alpha value is -0.610. The molecule has 3 unspecified atom stereocenters. The lowest BCUT2D eigenvalue weighted by Gasteiger charge is -2.37. The first-order valence-electron chi connectivity index (χ1n) is 8.81. The van der Waals surface area contributed by atoms with Crippen LogP contribution < -0.4 is 5.32 Å². The van der Waals surface area contributed by atoms with Gasteiger partial charge in [-0.1, -0.05) is 40.0 Å². The number of carbonyl (C=O) groups excluding carboxylic acids is 1. The largest absolute Gasteiger partial charge is 0.324 e. The second-order valence-corrected chi connectivity index (χ2v) is 7.17. The van der Waals surface area contributed by atoms with Crippen LogP contribution in [-0.2, 0) is 4.79 Å². The molecule has 0 aromatic carbocycles. The highest BCUT2D eigenvalue weighted by molar-refractivity contribution is 5.84. The molecule has 2 rings (SSSR count). The number of nitrogens with zero attached hydrogens (tertiary/aromatic N) is 2. The molecule has 2 fully saturated rings. The number of carbonyl (C=O) groups is 1. The highest BCUT2D eigenvalue weighted by Crippen LogP contribution is 2.24. The van der Waals surface area contributed by atoms with Crippen molar-refractivity contribution in [1.82, 2.24) is 15.1 Å². The monoisotopic (exact) mass is 295 g/mol. The van der Waals surface area contributed by atoms with Crippen LogP contribution in [0.3, 0.4) is 0 Å². The second kappa shape index (κ2) is 7.59. The molecule has 1 N–H and O–H groups in total. The summed E-state index contributed by atoms with van der Waals surface area (Å²) >= 11 is 0. The molecule has 4 heteroatoms. The van der Waals surface area contributed by atoms with E-state index in [0.717, 1.165) is 25.8 Å². The fourth-order valence-electron chi connectivity index (χ4n) is 3.68. The summed E-state index contributed by atoms with van der Waals surface area (Å²) in [7, 11) is 2.21. The van der Waals surface area contributed by atoms with E-state index in [1.165, 1.54) is 25.8 Å². The highest BCUT2D eigenvalue weighted by Gasteiger charge is 2.41. The zero-order valence-corrected chi connectivity index (χ0v) is 14.3. The summed E-state index contributed by atoms with van der Waals surface area (Å²) in [6.45, 7) is 8.68. The van der Waals surface area contributed by atoms with Gasteiger partial charge in [0.1, 0.15) is 0 Å². The van der Waals surface area contributed by atoms with Gasteiger partial charge in [0.05, 0.1) is 12.2 Å². The van der Waals surface area contributed by atoms with Crippen LogP contribution in [-0.4, -0.2) is 54.1 Å². The standard InChI is InChI=1S/C17H33N3O/c1-5-6-10-15-17(21)20(16(18-15)13(2)3)12-14-9-7-8-11-19(14)4/h13-16,18H,5-12H2,1-4H3. The van der Waals surface area contributed by atoms with Crippen LogP contribution in [0.5, 0.6) is 0 Å². The molecule has 4 nitrogen and oxygen atoms in total. The number of hydrogen-bond donors (Lipinski definition) is 1. The Morgan fingerprint density at radius 2 is 2.10 bits per heavy atom. The van der Waals surface area contributed by atoms with Crippen molar-refractivity contribution < 1.29 is 4.79 Å². The first-order valence-corrected chi connectivity index (χ1v) is 8.81. The Kier molecular flexibility index (Phi) is 6.06. The molecule has 3 atom stereocenters. The van der Waals surface area contributed by atoms with Gasteiger partial charge in [0.15, 0.2) is 0 Å². The predicted molar refractivity (Wildman–Crippen MR) is 87.1 cm³/mol. The maximum absolute atomic E-state index is 12.8. The van der Waals surface area contributed by atoms with Crippen LogP contribution in [0.1, 0.15) is 59.3 Å². The van der Waals surface area contributed by atoms with Crippen molar-refractivity contribution in [2.75, 3.05) is 20.1 Å². The fraction of sp³-hybridized carbons (Fsp3) is 0.941. The van der Waals surface area contributed by atoms with Crippen molar-refractivity contribution in [3.05, 3.63) is 0 Å². The zero-order valence-electron chi connectivity index (χ0n) is 14.3. The summed E-state index contributed by atoms with van der Waals surface area (Å²) in [6, 6.07) is 0.585. The molecule has 0 aromatic heterocycles. The Morgan fingerprint density at radius 1 is 1.33 bits per heavy atom. The van der Waals surface area contributed by atoms with E-state index >= 15 is 0 Å². The van der Waals surface area contributed by atoms with Crippen molar-refractivity contribution in [2.45, 2.75) is 77.5 Å². The van der Waals surface area contributed by atoms with Crippen LogP contribution in [0.25, 0.3) is 0 Å². The molecule has 2 heterocycles. The van der Waals surface area contributed by atoms with E-state index < -0.39 is 0 Å². The summed E-state index contributed by atoms with van der Waals surface area (Å²) in [5.74, 6) is 0.801. The minimum Gasteiger partial charge on any atom is -0.324 e. The third kappa shape index (κ3) is 3.98. The topological polar surface area (TPSA) is 35.6 Å². The van der Waals surface area contributed by atoms with E-state index in [9.17, 15) is 4.79 Å². The molecular weight excluding hydrogens is 262 g/mol. The van der Waals surface area contributed by atoms with Crippen LogP contribution >= 0.6 is 0 Å². The van der Waals surface area contributed by atoms with E-state index in [2.05, 4.69) is 42.9 Å². The molecule has 0 aliphatic carbocycles. The first kappa shape index (κ1) is 16.8. The Bertz CT molecular complexity index is 345. The van der Waals surface area contributed by atoms with Crippen molar-refractivity contribution in [2.24, 2.45) is 5.92 Å². The molecule has 2 aliphatic heterocycles. The van der Waals surface area contributed by atoms with Gasteiger partial charge in [0.25, 0.3) is 0 Å². The number of unbranched alkanes of at least 4 members (excludes halogenated alkanes) is 1. The minimum absolute atomic E-state index is 0.0475. The Labute approximate surface area is 130 Å². The zero-order chi connectivity index (χ0) is 15.4. The molecule has 21 heavy (non-hydrogen) atoms. The lowest BCUT2D eigenvalue weighted by Crippen LogP contribution is -2.50. The number of nitrogens with one attached hydrogen (secondary N) is 1. The quantitative estimate of drug-likeness (QED) is 0.817. The molecular formula is C17H33N3O. The van der Waals surface area contributed by atoms with Crippen LogP contribution in [0.2, 0.25) is 0 Å². The number of piperidine rings is 1. The van der Waals surface area contributed by atoms with E-state index in [1.807, 2.05) is 0 Å². The van der Waals surface area contributed by atoms with Gasteiger partial charge < -0.3 is 9.80 Å². The average molecular weight is 295 g/mol. The SMILES string of the molecule is CCCCC1NC(C(C)C)N(CC2CCCCN2C)C1=O. The average Bonchev–Trinajstić information content (AvgIpc) is 2.76. The van der Waals surface area contributed by atoms with Gasteiger partial charge in [-0.15, -0.1) is 0 Å². The summed E-state index contributed by atoms with van der Waals surface area (Å²) < 4.78 is 0. The molecule has 122 valence electrons. The smallest absolute Gasteiger partial charge is 0.241 e. The molecule has 0 radical (unpaired) electrons. The van der Waals surface area contributed by atoms with E-state index in [0.29, 0.717) is 17.9 Å². The Morgan fingerprint density at radius 3 is 2.71 bits per heavy atom. The first-order chi connectivity index (χ1) is 10.0. The van der Waals surface area contributed by atoms with E-state index in [-0.39, 0.29) is 12.2 Å². The number of likely N-dealkylation sites (tertiary alicyclic amines) is 1. The minimum atomic E-state index is 0.0475. The molecule has 0 saturated carbocycles. The lowest BCUT2D eigenvalue weighted by atomic mass is 10.0. The second-order valence-electron chi connectivity index (χ2n) is 7.17. The fourth-order valence-corrected chi connectivity index (χ4v) is 3.68. The van der Waals surface area contributed by atoms with Gasteiger partial charge in [-0.25, -0.2) is 0 Å². The molecule has 1 amide bonds. The molecule has 0 bridgehead atoms. The number of likely N-dealkylation sites (N-methyl/N-ethyl adjacent to an activating group) is 1. The van der Waals surface area contributed by atoms with Gasteiger partial charge in [0, 0.05) is 12.6 Å². The third-order valence-electron chi connectivity index (χ3n) is 5.10. The van der Waals surface area contributed by atoms with Crippen molar-refractivity contribution in [1.29, 1.82) is 0 Å². The predicted octanol–water partition coefficient (Wildman–Crippen LogP) is 2.44. The number of rotatable bonds is 6. The van der Waals surface area contributed by atoms with Crippen molar-refractivity contribution in [3.8, 4) is 0 Å². The third-order valence-corrected chi connectivity index (χ3v) is 5.10. The van der Waals surface area contributed by atoms with Gasteiger partial charge in [-0.05, 0) is 38.8 Å². The normalized spacial score (nSPS) is 31.4. The number of amides is 1. The summed E-state index contributed by atoms with van der Waals surface area (Å²) in [4.78, 5) is 17.3. The van der Waals surface area contributed by atoms with Gasteiger partial charge in [-0.3, -0.25) is 10.1 Å².